The summed E-state index contributed by atoms with van der Waals surface area (Å²) in [5.41, 5.74) is 4.23. The van der Waals surface area contributed by atoms with E-state index in [4.69, 9.17) is 0 Å². The van der Waals surface area contributed by atoms with Crippen molar-refractivity contribution in [2.24, 2.45) is 0 Å². The maximum atomic E-state index is 13.5. The first kappa shape index (κ1) is 18.4. The van der Waals surface area contributed by atoms with Crippen LogP contribution in [-0.4, -0.2) is 14.8 Å². The fourth-order valence-electron chi connectivity index (χ4n) is 3.03. The number of thioether (sulfide) groups is 1. The van der Waals surface area contributed by atoms with Crippen LogP contribution in [0.1, 0.15) is 18.1 Å². The summed E-state index contributed by atoms with van der Waals surface area (Å²) in [5, 5.41) is 9.67. The lowest BCUT2D eigenvalue weighted by atomic mass is 10.1. The van der Waals surface area contributed by atoms with Gasteiger partial charge in [0, 0.05) is 17.0 Å². The lowest BCUT2D eigenvalue weighted by molar-refractivity contribution is 0.626. The summed E-state index contributed by atoms with van der Waals surface area (Å²) in [6, 6.07) is 25.2. The van der Waals surface area contributed by atoms with Gasteiger partial charge in [-0.05, 0) is 41.8 Å². The van der Waals surface area contributed by atoms with Crippen LogP contribution >= 0.6 is 11.8 Å². The molecule has 0 spiro atoms. The van der Waals surface area contributed by atoms with Crippen LogP contribution in [0, 0.1) is 5.82 Å². The molecule has 3 aromatic carbocycles. The maximum absolute atomic E-state index is 13.5. The summed E-state index contributed by atoms with van der Waals surface area (Å²) < 4.78 is 15.6. The van der Waals surface area contributed by atoms with Gasteiger partial charge in [0.25, 0.3) is 0 Å². The lowest BCUT2D eigenvalue weighted by Crippen LogP contribution is -2.00. The third-order valence-corrected chi connectivity index (χ3v) is 5.53. The average molecular weight is 389 g/mol. The first-order valence-corrected chi connectivity index (χ1v) is 10.2. The van der Waals surface area contributed by atoms with E-state index >= 15 is 0 Å². The SMILES string of the molecule is CCc1ccc(-n2c(SCc3cccc(F)c3)nnc2-c2ccccc2)cc1. The van der Waals surface area contributed by atoms with Crippen LogP contribution in [0.15, 0.2) is 84.0 Å². The van der Waals surface area contributed by atoms with Crippen molar-refractivity contribution in [2.45, 2.75) is 24.3 Å². The van der Waals surface area contributed by atoms with Crippen molar-refractivity contribution >= 4 is 11.8 Å². The van der Waals surface area contributed by atoms with Crippen LogP contribution in [0.2, 0.25) is 0 Å². The maximum Gasteiger partial charge on any atom is 0.196 e. The first-order valence-electron chi connectivity index (χ1n) is 9.22. The molecule has 3 nitrogen and oxygen atoms in total. The van der Waals surface area contributed by atoms with E-state index in [2.05, 4.69) is 46.0 Å². The zero-order valence-electron chi connectivity index (χ0n) is 15.5. The van der Waals surface area contributed by atoms with Gasteiger partial charge in [-0.1, -0.05) is 73.3 Å². The molecule has 1 aromatic heterocycles. The zero-order valence-corrected chi connectivity index (χ0v) is 16.4. The Morgan fingerprint density at radius 2 is 1.64 bits per heavy atom. The molecule has 0 fully saturated rings. The van der Waals surface area contributed by atoms with Crippen LogP contribution in [0.25, 0.3) is 17.1 Å². The second-order valence-corrected chi connectivity index (χ2v) is 7.39. The molecule has 0 aliphatic carbocycles. The van der Waals surface area contributed by atoms with Gasteiger partial charge in [0.05, 0.1) is 0 Å². The van der Waals surface area contributed by atoms with Crippen molar-refractivity contribution in [3.05, 3.63) is 95.8 Å². The molecule has 4 rings (SSSR count). The van der Waals surface area contributed by atoms with Crippen molar-refractivity contribution < 1.29 is 4.39 Å². The molecule has 0 N–H and O–H groups in total. The molecule has 0 unspecified atom stereocenters. The highest BCUT2D eigenvalue weighted by molar-refractivity contribution is 7.98. The Bertz CT molecular complexity index is 1060. The third-order valence-electron chi connectivity index (χ3n) is 4.53. The van der Waals surface area contributed by atoms with Gasteiger partial charge < -0.3 is 0 Å². The number of hydrogen-bond donors (Lipinski definition) is 0. The van der Waals surface area contributed by atoms with Gasteiger partial charge >= 0.3 is 0 Å². The Balaban J connectivity index is 1.72. The highest BCUT2D eigenvalue weighted by Crippen LogP contribution is 2.30. The monoisotopic (exact) mass is 389 g/mol. The molecule has 4 aromatic rings. The molecule has 0 saturated carbocycles. The second kappa shape index (κ2) is 8.40. The minimum atomic E-state index is -0.223. The Kier molecular flexibility index (Phi) is 5.53. The molecule has 0 amide bonds. The predicted molar refractivity (Wildman–Crippen MR) is 112 cm³/mol. The highest BCUT2D eigenvalue weighted by Gasteiger charge is 2.16. The summed E-state index contributed by atoms with van der Waals surface area (Å²) in [4.78, 5) is 0. The average Bonchev–Trinajstić information content (AvgIpc) is 3.17. The molecule has 140 valence electrons. The number of rotatable bonds is 6. The predicted octanol–water partition coefficient (Wildman–Crippen LogP) is 5.93. The molecule has 0 saturated heterocycles. The van der Waals surface area contributed by atoms with E-state index in [1.54, 1.807) is 23.9 Å². The van der Waals surface area contributed by atoms with Crippen molar-refractivity contribution in [2.75, 3.05) is 0 Å². The van der Waals surface area contributed by atoms with Crippen LogP contribution in [0.4, 0.5) is 4.39 Å². The molecule has 0 radical (unpaired) electrons. The van der Waals surface area contributed by atoms with E-state index in [0.29, 0.717) is 5.75 Å². The summed E-state index contributed by atoms with van der Waals surface area (Å²) >= 11 is 1.55. The Hall–Kier alpha value is -2.92. The van der Waals surface area contributed by atoms with Crippen molar-refractivity contribution in [3.63, 3.8) is 0 Å². The number of halogens is 1. The summed E-state index contributed by atoms with van der Waals surface area (Å²) in [6.45, 7) is 2.14. The largest absolute Gasteiger partial charge is 0.270 e. The van der Waals surface area contributed by atoms with Gasteiger partial charge in [0.2, 0.25) is 0 Å². The smallest absolute Gasteiger partial charge is 0.196 e. The van der Waals surface area contributed by atoms with Gasteiger partial charge in [-0.15, -0.1) is 10.2 Å². The van der Waals surface area contributed by atoms with Gasteiger partial charge in [-0.25, -0.2) is 4.39 Å². The Labute approximate surface area is 168 Å². The van der Waals surface area contributed by atoms with Gasteiger partial charge in [0.15, 0.2) is 11.0 Å². The van der Waals surface area contributed by atoms with E-state index in [0.717, 1.165) is 34.2 Å². The van der Waals surface area contributed by atoms with E-state index in [-0.39, 0.29) is 5.82 Å². The van der Waals surface area contributed by atoms with Crippen LogP contribution in [0.3, 0.4) is 0 Å². The molecular formula is C23H20FN3S. The molecule has 0 atom stereocenters. The fourth-order valence-corrected chi connectivity index (χ4v) is 3.92. The topological polar surface area (TPSA) is 30.7 Å². The van der Waals surface area contributed by atoms with Crippen molar-refractivity contribution in [1.29, 1.82) is 0 Å². The number of aryl methyl sites for hydroxylation is 1. The van der Waals surface area contributed by atoms with E-state index < -0.39 is 0 Å². The van der Waals surface area contributed by atoms with E-state index in [9.17, 15) is 4.39 Å². The fraction of sp³-hybridized carbons (Fsp3) is 0.130. The molecule has 0 aliphatic rings. The number of aromatic nitrogens is 3. The molecule has 1 heterocycles. The van der Waals surface area contributed by atoms with Crippen LogP contribution in [-0.2, 0) is 12.2 Å². The minimum Gasteiger partial charge on any atom is -0.270 e. The summed E-state index contributed by atoms with van der Waals surface area (Å²) in [5.74, 6) is 1.20. The standard InChI is InChI=1S/C23H20FN3S/c1-2-17-11-13-21(14-12-17)27-22(19-8-4-3-5-9-19)25-26-23(27)28-16-18-7-6-10-20(24)15-18/h3-15H,2,16H2,1H3. The number of hydrogen-bond acceptors (Lipinski definition) is 3. The first-order chi connectivity index (χ1) is 13.7. The highest BCUT2D eigenvalue weighted by atomic mass is 32.2. The van der Waals surface area contributed by atoms with Gasteiger partial charge in [0.1, 0.15) is 5.82 Å². The summed E-state index contributed by atoms with van der Waals surface area (Å²) in [7, 11) is 0. The third kappa shape index (κ3) is 3.99. The normalized spacial score (nSPS) is 10.9. The molecular weight excluding hydrogens is 369 g/mol. The molecule has 0 aliphatic heterocycles. The quantitative estimate of drug-likeness (QED) is 0.383. The zero-order chi connectivity index (χ0) is 19.3. The van der Waals surface area contributed by atoms with Crippen LogP contribution < -0.4 is 0 Å². The minimum absolute atomic E-state index is 0.223. The Morgan fingerprint density at radius 1 is 0.857 bits per heavy atom. The lowest BCUT2D eigenvalue weighted by Gasteiger charge is -2.11. The van der Waals surface area contributed by atoms with Gasteiger partial charge in [-0.2, -0.15) is 0 Å². The van der Waals surface area contributed by atoms with Crippen molar-refractivity contribution in [3.8, 4) is 17.1 Å². The van der Waals surface area contributed by atoms with Crippen LogP contribution in [0.5, 0.6) is 0 Å². The number of benzene rings is 3. The molecule has 5 heteroatoms. The van der Waals surface area contributed by atoms with Gasteiger partial charge in [-0.3, -0.25) is 4.57 Å². The molecule has 28 heavy (non-hydrogen) atoms. The van der Waals surface area contributed by atoms with Crippen molar-refractivity contribution in [1.82, 2.24) is 14.8 Å². The number of nitrogens with zero attached hydrogens (tertiary/aromatic N) is 3. The second-order valence-electron chi connectivity index (χ2n) is 6.45. The summed E-state index contributed by atoms with van der Waals surface area (Å²) in [6.07, 6.45) is 0.995. The Morgan fingerprint density at radius 3 is 2.36 bits per heavy atom. The van der Waals surface area contributed by atoms with E-state index in [1.807, 2.05) is 36.4 Å². The molecule has 0 bridgehead atoms. The van der Waals surface area contributed by atoms with E-state index in [1.165, 1.54) is 11.6 Å².